The maximum atomic E-state index is 12.5. The highest BCUT2D eigenvalue weighted by Gasteiger charge is 2.31. The summed E-state index contributed by atoms with van der Waals surface area (Å²) in [5.74, 6) is 0. The van der Waals surface area contributed by atoms with Crippen LogP contribution >= 0.6 is 0 Å². The van der Waals surface area contributed by atoms with Gasteiger partial charge in [0.15, 0.2) is 0 Å². The van der Waals surface area contributed by atoms with Crippen LogP contribution in [0.5, 0.6) is 0 Å². The van der Waals surface area contributed by atoms with Crippen molar-refractivity contribution >= 4 is 0 Å². The van der Waals surface area contributed by atoms with Crippen LogP contribution in [-0.4, -0.2) is 37.8 Å². The van der Waals surface area contributed by atoms with Gasteiger partial charge >= 0.3 is 6.18 Å². The number of halogens is 3. The Bertz CT molecular complexity index is 409. The van der Waals surface area contributed by atoms with Gasteiger partial charge in [-0.15, -0.1) is 0 Å². The highest BCUT2D eigenvalue weighted by atomic mass is 19.4. The second-order valence-electron chi connectivity index (χ2n) is 5.21. The van der Waals surface area contributed by atoms with E-state index in [4.69, 9.17) is 0 Å². The molecule has 0 saturated heterocycles. The summed E-state index contributed by atoms with van der Waals surface area (Å²) in [6, 6.07) is 6.00. The molecular formula is C15H23F3N2. The van der Waals surface area contributed by atoms with E-state index in [1.807, 2.05) is 26.0 Å². The van der Waals surface area contributed by atoms with Crippen molar-refractivity contribution in [2.45, 2.75) is 33.0 Å². The van der Waals surface area contributed by atoms with Crippen molar-refractivity contribution in [2.75, 3.05) is 26.7 Å². The predicted octanol–water partition coefficient (Wildman–Crippen LogP) is 3.45. The topological polar surface area (TPSA) is 15.3 Å². The van der Waals surface area contributed by atoms with Crippen molar-refractivity contribution in [3.63, 3.8) is 0 Å². The van der Waals surface area contributed by atoms with Crippen LogP contribution in [0.4, 0.5) is 13.2 Å². The van der Waals surface area contributed by atoms with Crippen molar-refractivity contribution in [1.29, 1.82) is 0 Å². The first-order valence-corrected chi connectivity index (χ1v) is 6.79. The molecule has 1 aromatic carbocycles. The summed E-state index contributed by atoms with van der Waals surface area (Å²) in [6.45, 7) is 5.59. The van der Waals surface area contributed by atoms with Crippen LogP contribution in [0.2, 0.25) is 0 Å². The van der Waals surface area contributed by atoms with Crippen molar-refractivity contribution < 1.29 is 13.2 Å². The van der Waals surface area contributed by atoms with E-state index in [0.717, 1.165) is 16.7 Å². The lowest BCUT2D eigenvalue weighted by Crippen LogP contribution is -2.39. The Labute approximate surface area is 119 Å². The summed E-state index contributed by atoms with van der Waals surface area (Å²) < 4.78 is 37.5. The molecule has 0 bridgehead atoms. The number of hydrogen-bond donors (Lipinski definition) is 1. The summed E-state index contributed by atoms with van der Waals surface area (Å²) in [5, 5.41) is 3.11. The maximum Gasteiger partial charge on any atom is 0.401 e. The van der Waals surface area contributed by atoms with Gasteiger partial charge in [0.05, 0.1) is 6.54 Å². The number of rotatable bonds is 6. The normalized spacial score (nSPS) is 13.8. The van der Waals surface area contributed by atoms with Crippen LogP contribution in [0.25, 0.3) is 0 Å². The number of aryl methyl sites for hydroxylation is 2. The first-order chi connectivity index (χ1) is 9.25. The average Bonchev–Trinajstić information content (AvgIpc) is 2.31. The SMILES string of the molecule is CCN(CC(NC)c1cc(C)cc(C)c1)CC(F)(F)F. The van der Waals surface area contributed by atoms with E-state index >= 15 is 0 Å². The third kappa shape index (κ3) is 5.51. The minimum atomic E-state index is -4.16. The molecular weight excluding hydrogens is 265 g/mol. The van der Waals surface area contributed by atoms with Crippen LogP contribution in [0.3, 0.4) is 0 Å². The van der Waals surface area contributed by atoms with Crippen molar-refractivity contribution in [1.82, 2.24) is 10.2 Å². The molecule has 1 rings (SSSR count). The average molecular weight is 288 g/mol. The molecule has 0 aromatic heterocycles. The van der Waals surface area contributed by atoms with Crippen LogP contribution in [0.1, 0.15) is 29.7 Å². The Balaban J connectivity index is 2.84. The Morgan fingerprint density at radius 1 is 1.15 bits per heavy atom. The molecule has 0 fully saturated rings. The summed E-state index contributed by atoms with van der Waals surface area (Å²) in [7, 11) is 1.78. The fourth-order valence-corrected chi connectivity index (χ4v) is 2.39. The standard InChI is InChI=1S/C15H23F3N2/c1-5-20(10-15(16,17)18)9-14(19-4)13-7-11(2)6-12(3)8-13/h6-8,14,19H,5,9-10H2,1-4H3. The Morgan fingerprint density at radius 2 is 1.70 bits per heavy atom. The van der Waals surface area contributed by atoms with Gasteiger partial charge in [0, 0.05) is 12.6 Å². The van der Waals surface area contributed by atoms with Crippen LogP contribution < -0.4 is 5.32 Å². The number of alkyl halides is 3. The zero-order valence-electron chi connectivity index (χ0n) is 12.5. The van der Waals surface area contributed by atoms with Gasteiger partial charge in [0.2, 0.25) is 0 Å². The van der Waals surface area contributed by atoms with E-state index in [0.29, 0.717) is 13.1 Å². The summed E-state index contributed by atoms with van der Waals surface area (Å²) in [5.41, 5.74) is 3.28. The quantitative estimate of drug-likeness (QED) is 0.862. The minimum absolute atomic E-state index is 0.101. The van der Waals surface area contributed by atoms with Gasteiger partial charge in [0.25, 0.3) is 0 Å². The zero-order chi connectivity index (χ0) is 15.3. The molecule has 0 aliphatic heterocycles. The molecule has 0 spiro atoms. The Morgan fingerprint density at radius 3 is 2.10 bits per heavy atom. The van der Waals surface area contributed by atoms with Crippen LogP contribution in [-0.2, 0) is 0 Å². The second kappa shape index (κ2) is 7.09. The smallest absolute Gasteiger partial charge is 0.312 e. The van der Waals surface area contributed by atoms with Gasteiger partial charge in [-0.2, -0.15) is 13.2 Å². The Hall–Kier alpha value is -1.07. The molecule has 2 nitrogen and oxygen atoms in total. The minimum Gasteiger partial charge on any atom is -0.312 e. The van der Waals surface area contributed by atoms with E-state index in [2.05, 4.69) is 11.4 Å². The number of nitrogens with zero attached hydrogens (tertiary/aromatic N) is 1. The van der Waals surface area contributed by atoms with E-state index in [9.17, 15) is 13.2 Å². The summed E-state index contributed by atoms with van der Waals surface area (Å²) in [6.07, 6.45) is -4.16. The molecule has 0 amide bonds. The van der Waals surface area contributed by atoms with Gasteiger partial charge in [-0.3, -0.25) is 4.90 Å². The highest BCUT2D eigenvalue weighted by Crippen LogP contribution is 2.21. The third-order valence-electron chi connectivity index (χ3n) is 3.29. The van der Waals surface area contributed by atoms with Gasteiger partial charge in [-0.05, 0) is 33.0 Å². The first-order valence-electron chi connectivity index (χ1n) is 6.79. The fraction of sp³-hybridized carbons (Fsp3) is 0.600. The Kier molecular flexibility index (Phi) is 6.02. The van der Waals surface area contributed by atoms with Crippen LogP contribution in [0, 0.1) is 13.8 Å². The van der Waals surface area contributed by atoms with Gasteiger partial charge in [0.1, 0.15) is 0 Å². The van der Waals surface area contributed by atoms with Gasteiger partial charge < -0.3 is 5.32 Å². The van der Waals surface area contributed by atoms with Crippen LogP contribution in [0.15, 0.2) is 18.2 Å². The molecule has 0 heterocycles. The molecule has 1 aromatic rings. The highest BCUT2D eigenvalue weighted by molar-refractivity contribution is 5.30. The lowest BCUT2D eigenvalue weighted by atomic mass is 10.0. The summed E-state index contributed by atoms with van der Waals surface area (Å²) in [4.78, 5) is 1.42. The maximum absolute atomic E-state index is 12.5. The molecule has 5 heteroatoms. The molecule has 1 unspecified atom stereocenters. The molecule has 114 valence electrons. The monoisotopic (exact) mass is 288 g/mol. The van der Waals surface area contributed by atoms with E-state index in [-0.39, 0.29) is 6.04 Å². The molecule has 0 aliphatic carbocycles. The largest absolute Gasteiger partial charge is 0.401 e. The molecule has 1 atom stereocenters. The lowest BCUT2D eigenvalue weighted by Gasteiger charge is -2.27. The number of hydrogen-bond acceptors (Lipinski definition) is 2. The first kappa shape index (κ1) is 17.0. The third-order valence-corrected chi connectivity index (χ3v) is 3.29. The fourth-order valence-electron chi connectivity index (χ4n) is 2.39. The van der Waals surface area contributed by atoms with E-state index in [1.165, 1.54) is 4.90 Å². The van der Waals surface area contributed by atoms with Crippen molar-refractivity contribution in [3.8, 4) is 0 Å². The van der Waals surface area contributed by atoms with Gasteiger partial charge in [-0.1, -0.05) is 36.2 Å². The van der Waals surface area contributed by atoms with Crippen molar-refractivity contribution in [2.24, 2.45) is 0 Å². The number of likely N-dealkylation sites (N-methyl/N-ethyl adjacent to an activating group) is 2. The predicted molar refractivity (Wildman–Crippen MR) is 75.9 cm³/mol. The molecule has 0 radical (unpaired) electrons. The van der Waals surface area contributed by atoms with Gasteiger partial charge in [-0.25, -0.2) is 0 Å². The zero-order valence-corrected chi connectivity index (χ0v) is 12.5. The number of benzene rings is 1. The van der Waals surface area contributed by atoms with E-state index < -0.39 is 12.7 Å². The lowest BCUT2D eigenvalue weighted by molar-refractivity contribution is -0.146. The van der Waals surface area contributed by atoms with Crippen molar-refractivity contribution in [3.05, 3.63) is 34.9 Å². The van der Waals surface area contributed by atoms with E-state index in [1.54, 1.807) is 14.0 Å². The second-order valence-corrected chi connectivity index (χ2v) is 5.21. The number of nitrogens with one attached hydrogen (secondary N) is 1. The molecule has 0 aliphatic rings. The molecule has 20 heavy (non-hydrogen) atoms. The molecule has 1 N–H and O–H groups in total. The summed E-state index contributed by atoms with van der Waals surface area (Å²) >= 11 is 0. The molecule has 0 saturated carbocycles.